The summed E-state index contributed by atoms with van der Waals surface area (Å²) in [7, 11) is 1.63. The van der Waals surface area contributed by atoms with Crippen LogP contribution in [0.15, 0.2) is 18.2 Å². The fraction of sp³-hybridized carbons (Fsp3) is 0.667. The Balaban J connectivity index is 1.76. The molecule has 1 fully saturated rings. The van der Waals surface area contributed by atoms with Gasteiger partial charge in [-0.05, 0) is 42.9 Å². The van der Waals surface area contributed by atoms with Crippen molar-refractivity contribution in [3.63, 3.8) is 0 Å². The zero-order valence-corrected chi connectivity index (χ0v) is 16.4. The molecule has 5 nitrogen and oxygen atoms in total. The number of rotatable bonds is 10. The molecule has 146 valence electrons. The maximum absolute atomic E-state index is 12.0. The lowest BCUT2D eigenvalue weighted by Gasteiger charge is -2.26. The number of methoxy groups -OCH3 is 1. The molecule has 5 heteroatoms. The van der Waals surface area contributed by atoms with Crippen molar-refractivity contribution in [3.05, 3.63) is 23.8 Å². The minimum absolute atomic E-state index is 0.0783. The molecule has 0 aromatic heterocycles. The maximum atomic E-state index is 12.0. The molecule has 26 heavy (non-hydrogen) atoms. The quantitative estimate of drug-likeness (QED) is 0.636. The summed E-state index contributed by atoms with van der Waals surface area (Å²) in [6.07, 6.45) is 6.92. The number of ether oxygens (including phenoxy) is 3. The Labute approximate surface area is 157 Å². The van der Waals surface area contributed by atoms with Gasteiger partial charge in [0.1, 0.15) is 6.61 Å². The highest BCUT2D eigenvalue weighted by molar-refractivity contribution is 5.77. The van der Waals surface area contributed by atoms with Gasteiger partial charge < -0.3 is 19.5 Å². The first-order valence-corrected chi connectivity index (χ1v) is 9.80. The predicted octanol–water partition coefficient (Wildman–Crippen LogP) is 4.09. The third-order valence-electron chi connectivity index (χ3n) is 4.81. The molecule has 1 N–H and O–H groups in total. The Morgan fingerprint density at radius 3 is 2.85 bits per heavy atom. The number of benzene rings is 1. The summed E-state index contributed by atoms with van der Waals surface area (Å²) in [5.41, 5.74) is 0.976. The fourth-order valence-corrected chi connectivity index (χ4v) is 3.24. The predicted molar refractivity (Wildman–Crippen MR) is 103 cm³/mol. The van der Waals surface area contributed by atoms with Crippen molar-refractivity contribution in [3.8, 4) is 11.5 Å². The van der Waals surface area contributed by atoms with E-state index in [4.69, 9.17) is 14.2 Å². The van der Waals surface area contributed by atoms with Gasteiger partial charge in [0.05, 0.1) is 19.8 Å². The highest BCUT2D eigenvalue weighted by Crippen LogP contribution is 2.28. The second-order valence-corrected chi connectivity index (χ2v) is 7.17. The van der Waals surface area contributed by atoms with Gasteiger partial charge in [-0.3, -0.25) is 4.79 Å². The number of carbonyl (C=O) groups is 1. The molecule has 2 unspecified atom stereocenters. The standard InChI is InChI=1S/C21H33NO4/c1-4-5-11-25-19-10-9-17(13-20(19)24-3)14-22-21(23)15-26-18-8-6-7-16(2)12-18/h9-10,13,16,18H,4-8,11-12,14-15H2,1-3H3,(H,22,23). The minimum atomic E-state index is -0.0783. The van der Waals surface area contributed by atoms with Crippen LogP contribution in [0.2, 0.25) is 0 Å². The van der Waals surface area contributed by atoms with E-state index < -0.39 is 0 Å². The summed E-state index contributed by atoms with van der Waals surface area (Å²) in [5.74, 6) is 2.05. The van der Waals surface area contributed by atoms with Crippen LogP contribution < -0.4 is 14.8 Å². The van der Waals surface area contributed by atoms with Gasteiger partial charge >= 0.3 is 0 Å². The molecule has 1 saturated carbocycles. The maximum Gasteiger partial charge on any atom is 0.246 e. The van der Waals surface area contributed by atoms with E-state index in [0.29, 0.717) is 24.8 Å². The van der Waals surface area contributed by atoms with Gasteiger partial charge in [0.15, 0.2) is 11.5 Å². The minimum Gasteiger partial charge on any atom is -0.493 e. The van der Waals surface area contributed by atoms with Crippen molar-refractivity contribution >= 4 is 5.91 Å². The molecule has 1 aromatic rings. The molecular formula is C21H33NO4. The fourth-order valence-electron chi connectivity index (χ4n) is 3.24. The largest absolute Gasteiger partial charge is 0.493 e. The van der Waals surface area contributed by atoms with Crippen LogP contribution in [0.1, 0.15) is 57.9 Å². The van der Waals surface area contributed by atoms with Crippen LogP contribution in [0.5, 0.6) is 11.5 Å². The molecule has 2 rings (SSSR count). The van der Waals surface area contributed by atoms with Crippen LogP contribution in [0.25, 0.3) is 0 Å². The van der Waals surface area contributed by atoms with Crippen molar-refractivity contribution in [1.82, 2.24) is 5.32 Å². The van der Waals surface area contributed by atoms with E-state index in [9.17, 15) is 4.79 Å². The van der Waals surface area contributed by atoms with Crippen molar-refractivity contribution in [2.24, 2.45) is 5.92 Å². The van der Waals surface area contributed by atoms with Crippen LogP contribution >= 0.6 is 0 Å². The highest BCUT2D eigenvalue weighted by atomic mass is 16.5. The molecule has 1 amide bonds. The summed E-state index contributed by atoms with van der Waals surface area (Å²) < 4.78 is 16.9. The SMILES string of the molecule is CCCCOc1ccc(CNC(=O)COC2CCCC(C)C2)cc1OC. The Hall–Kier alpha value is -1.75. The summed E-state index contributed by atoms with van der Waals surface area (Å²) in [5, 5.41) is 2.91. The number of hydrogen-bond acceptors (Lipinski definition) is 4. The number of nitrogens with one attached hydrogen (secondary N) is 1. The van der Waals surface area contributed by atoms with E-state index in [1.54, 1.807) is 7.11 Å². The summed E-state index contributed by atoms with van der Waals surface area (Å²) in [6.45, 7) is 5.64. The van der Waals surface area contributed by atoms with Gasteiger partial charge in [-0.15, -0.1) is 0 Å². The average molecular weight is 363 g/mol. The van der Waals surface area contributed by atoms with E-state index in [0.717, 1.165) is 37.0 Å². The third-order valence-corrected chi connectivity index (χ3v) is 4.81. The molecule has 1 aliphatic rings. The van der Waals surface area contributed by atoms with Gasteiger partial charge in [0, 0.05) is 6.54 Å². The van der Waals surface area contributed by atoms with Crippen LogP contribution in [0, 0.1) is 5.92 Å². The first-order valence-electron chi connectivity index (χ1n) is 9.80. The summed E-state index contributed by atoms with van der Waals surface area (Å²) >= 11 is 0. The van der Waals surface area contributed by atoms with Gasteiger partial charge in [0.25, 0.3) is 0 Å². The summed E-state index contributed by atoms with van der Waals surface area (Å²) in [4.78, 5) is 12.0. The van der Waals surface area contributed by atoms with Gasteiger partial charge in [0.2, 0.25) is 5.91 Å². The molecular weight excluding hydrogens is 330 g/mol. The number of amides is 1. The molecule has 1 aromatic carbocycles. The lowest BCUT2D eigenvalue weighted by Crippen LogP contribution is -2.31. The molecule has 0 bridgehead atoms. The zero-order chi connectivity index (χ0) is 18.8. The van der Waals surface area contributed by atoms with Crippen molar-refractivity contribution in [2.45, 2.75) is 65.0 Å². The Kier molecular flexibility index (Phi) is 8.75. The van der Waals surface area contributed by atoms with Crippen molar-refractivity contribution < 1.29 is 19.0 Å². The lowest BCUT2D eigenvalue weighted by atomic mass is 9.89. The van der Waals surface area contributed by atoms with Crippen LogP contribution in [0.3, 0.4) is 0 Å². The van der Waals surface area contributed by atoms with E-state index in [1.807, 2.05) is 18.2 Å². The van der Waals surface area contributed by atoms with E-state index in [2.05, 4.69) is 19.2 Å². The Morgan fingerprint density at radius 2 is 2.12 bits per heavy atom. The van der Waals surface area contributed by atoms with Gasteiger partial charge in [-0.1, -0.05) is 39.2 Å². The van der Waals surface area contributed by atoms with Crippen molar-refractivity contribution in [1.29, 1.82) is 0 Å². The van der Waals surface area contributed by atoms with E-state index >= 15 is 0 Å². The van der Waals surface area contributed by atoms with Crippen molar-refractivity contribution in [2.75, 3.05) is 20.3 Å². The number of hydrogen-bond donors (Lipinski definition) is 1. The molecule has 0 heterocycles. The Bertz CT molecular complexity index is 561. The average Bonchev–Trinajstić information content (AvgIpc) is 2.65. The number of unbranched alkanes of at least 4 members (excludes halogenated alkanes) is 1. The smallest absolute Gasteiger partial charge is 0.246 e. The van der Waals surface area contributed by atoms with Crippen LogP contribution in [0.4, 0.5) is 0 Å². The topological polar surface area (TPSA) is 56.8 Å². The first-order chi connectivity index (χ1) is 12.6. The van der Waals surface area contributed by atoms with E-state index in [-0.39, 0.29) is 18.6 Å². The second-order valence-electron chi connectivity index (χ2n) is 7.17. The Morgan fingerprint density at radius 1 is 1.27 bits per heavy atom. The van der Waals surface area contributed by atoms with Crippen LogP contribution in [-0.2, 0) is 16.1 Å². The molecule has 2 atom stereocenters. The highest BCUT2D eigenvalue weighted by Gasteiger charge is 2.20. The molecule has 0 saturated heterocycles. The first kappa shape index (κ1) is 20.6. The lowest BCUT2D eigenvalue weighted by molar-refractivity contribution is -0.128. The number of carbonyl (C=O) groups excluding carboxylic acids is 1. The van der Waals surface area contributed by atoms with Gasteiger partial charge in [-0.25, -0.2) is 0 Å². The second kappa shape index (κ2) is 11.1. The van der Waals surface area contributed by atoms with E-state index in [1.165, 1.54) is 12.8 Å². The molecule has 1 aliphatic carbocycles. The third kappa shape index (κ3) is 6.87. The van der Waals surface area contributed by atoms with Crippen LogP contribution in [-0.4, -0.2) is 32.3 Å². The van der Waals surface area contributed by atoms with Gasteiger partial charge in [-0.2, -0.15) is 0 Å². The zero-order valence-electron chi connectivity index (χ0n) is 16.4. The molecule has 0 aliphatic heterocycles. The normalized spacial score (nSPS) is 19.8. The summed E-state index contributed by atoms with van der Waals surface area (Å²) in [6, 6.07) is 5.76. The molecule has 0 spiro atoms. The monoisotopic (exact) mass is 363 g/mol. The molecule has 0 radical (unpaired) electrons.